The minimum atomic E-state index is -4.84. The van der Waals surface area contributed by atoms with Crippen LogP contribution in [0.4, 0.5) is 18.9 Å². The molecule has 0 bridgehead atoms. The van der Waals surface area contributed by atoms with Gasteiger partial charge in [0.25, 0.3) is 0 Å². The highest BCUT2D eigenvalue weighted by Crippen LogP contribution is 2.25. The normalized spacial score (nSPS) is 12.9. The molecular formula is C12H16ClF3N2O4S. The molecule has 3 N–H and O–H groups in total. The quantitative estimate of drug-likeness (QED) is 0.787. The molecular weight excluding hydrogens is 361 g/mol. The number of hydrogen-bond donors (Lipinski definition) is 2. The van der Waals surface area contributed by atoms with Crippen molar-refractivity contribution in [2.75, 3.05) is 17.3 Å². The van der Waals surface area contributed by atoms with Crippen molar-refractivity contribution in [3.63, 3.8) is 0 Å². The van der Waals surface area contributed by atoms with E-state index in [0.29, 0.717) is 0 Å². The van der Waals surface area contributed by atoms with E-state index in [2.05, 4.69) is 10.1 Å². The van der Waals surface area contributed by atoms with E-state index < -0.39 is 33.9 Å². The van der Waals surface area contributed by atoms with Crippen LogP contribution < -0.4 is 15.8 Å². The summed E-state index contributed by atoms with van der Waals surface area (Å²) in [6.07, 6.45) is -3.92. The van der Waals surface area contributed by atoms with Gasteiger partial charge in [-0.3, -0.25) is 4.79 Å². The topological polar surface area (TPSA) is 98.5 Å². The van der Waals surface area contributed by atoms with Crippen LogP contribution in [0.15, 0.2) is 24.3 Å². The van der Waals surface area contributed by atoms with Crippen molar-refractivity contribution in [2.24, 2.45) is 5.73 Å². The molecule has 0 saturated heterocycles. The zero-order valence-electron chi connectivity index (χ0n) is 12.0. The molecule has 0 fully saturated rings. The van der Waals surface area contributed by atoms with Gasteiger partial charge >= 0.3 is 6.36 Å². The first-order chi connectivity index (χ1) is 9.96. The van der Waals surface area contributed by atoms with Gasteiger partial charge in [-0.1, -0.05) is 6.07 Å². The van der Waals surface area contributed by atoms with E-state index in [1.807, 2.05) is 0 Å². The molecule has 0 aliphatic carbocycles. The maximum Gasteiger partial charge on any atom is 0.573 e. The Labute approximate surface area is 137 Å². The number of ether oxygens (including phenoxy) is 1. The second-order valence-electron chi connectivity index (χ2n) is 4.59. The molecule has 0 aromatic heterocycles. The zero-order chi connectivity index (χ0) is 17.0. The lowest BCUT2D eigenvalue weighted by molar-refractivity contribution is -0.274. The summed E-state index contributed by atoms with van der Waals surface area (Å²) in [6.45, 7) is 0. The molecule has 0 aliphatic rings. The number of rotatable bonds is 6. The molecule has 23 heavy (non-hydrogen) atoms. The van der Waals surface area contributed by atoms with Crippen LogP contribution in [-0.4, -0.2) is 38.7 Å². The Hall–Kier alpha value is -1.52. The van der Waals surface area contributed by atoms with Crippen LogP contribution in [0.25, 0.3) is 0 Å². The number of carbonyl (C=O) groups excluding carboxylic acids is 1. The molecule has 0 heterocycles. The maximum absolute atomic E-state index is 12.1. The van der Waals surface area contributed by atoms with Crippen LogP contribution in [0.5, 0.6) is 5.75 Å². The Morgan fingerprint density at radius 2 is 2.00 bits per heavy atom. The summed E-state index contributed by atoms with van der Waals surface area (Å²) in [5.74, 6) is -1.46. The highest BCUT2D eigenvalue weighted by Gasteiger charge is 2.31. The van der Waals surface area contributed by atoms with Crippen LogP contribution >= 0.6 is 12.4 Å². The summed E-state index contributed by atoms with van der Waals surface area (Å²) in [5, 5.41) is 2.30. The van der Waals surface area contributed by atoms with Gasteiger partial charge in [0.05, 0.1) is 11.8 Å². The van der Waals surface area contributed by atoms with Crippen molar-refractivity contribution in [2.45, 2.75) is 18.8 Å². The smallest absolute Gasteiger partial charge is 0.406 e. The molecule has 1 aromatic rings. The van der Waals surface area contributed by atoms with Crippen LogP contribution in [-0.2, 0) is 14.6 Å². The summed E-state index contributed by atoms with van der Waals surface area (Å²) in [6, 6.07) is 3.58. The van der Waals surface area contributed by atoms with Gasteiger partial charge in [-0.2, -0.15) is 0 Å². The van der Waals surface area contributed by atoms with Crippen molar-refractivity contribution in [3.05, 3.63) is 24.3 Å². The fourth-order valence-corrected chi connectivity index (χ4v) is 2.16. The Bertz CT molecular complexity index is 637. The van der Waals surface area contributed by atoms with Crippen molar-refractivity contribution in [1.82, 2.24) is 0 Å². The molecule has 0 spiro atoms. The molecule has 1 aromatic carbocycles. The van der Waals surface area contributed by atoms with Gasteiger partial charge in [-0.15, -0.1) is 25.6 Å². The van der Waals surface area contributed by atoms with Gasteiger partial charge in [0.15, 0.2) is 0 Å². The molecule has 1 rings (SSSR count). The molecule has 1 atom stereocenters. The summed E-state index contributed by atoms with van der Waals surface area (Å²) in [7, 11) is -3.26. The van der Waals surface area contributed by atoms with Gasteiger partial charge in [0.1, 0.15) is 15.6 Å². The molecule has 1 unspecified atom stereocenters. The Balaban J connectivity index is 0.00000484. The zero-order valence-corrected chi connectivity index (χ0v) is 13.6. The lowest BCUT2D eigenvalue weighted by atomic mass is 10.2. The van der Waals surface area contributed by atoms with Crippen LogP contribution in [0.1, 0.15) is 6.42 Å². The van der Waals surface area contributed by atoms with Crippen molar-refractivity contribution in [1.29, 1.82) is 0 Å². The molecule has 0 aliphatic heterocycles. The summed E-state index contributed by atoms with van der Waals surface area (Å²) in [4.78, 5) is 11.7. The van der Waals surface area contributed by atoms with Gasteiger partial charge in [-0.25, -0.2) is 8.42 Å². The van der Waals surface area contributed by atoms with E-state index in [9.17, 15) is 26.4 Å². The van der Waals surface area contributed by atoms with E-state index in [0.717, 1.165) is 18.4 Å². The highest BCUT2D eigenvalue weighted by molar-refractivity contribution is 7.90. The third-order valence-electron chi connectivity index (χ3n) is 2.47. The number of amides is 1. The average Bonchev–Trinajstić information content (AvgIpc) is 2.33. The van der Waals surface area contributed by atoms with Gasteiger partial charge in [-0.05, 0) is 18.6 Å². The second kappa shape index (κ2) is 8.37. The summed E-state index contributed by atoms with van der Waals surface area (Å²) >= 11 is 0. The van der Waals surface area contributed by atoms with E-state index in [1.54, 1.807) is 0 Å². The Kier molecular flexibility index (Phi) is 7.81. The summed E-state index contributed by atoms with van der Waals surface area (Å²) in [5.41, 5.74) is 5.58. The molecule has 6 nitrogen and oxygen atoms in total. The molecule has 0 radical (unpaired) electrons. The standard InChI is InChI=1S/C12H15F3N2O4S.ClH/c1-22(19,20)6-5-10(16)11(18)17-8-3-2-4-9(7-8)21-12(13,14)15;/h2-4,7,10H,5-6,16H2,1H3,(H,17,18);1H. The van der Waals surface area contributed by atoms with Crippen LogP contribution in [0.2, 0.25) is 0 Å². The number of carbonyl (C=O) groups is 1. The fourth-order valence-electron chi connectivity index (χ4n) is 1.48. The fraction of sp³-hybridized carbons (Fsp3) is 0.417. The molecule has 0 saturated carbocycles. The number of nitrogens with one attached hydrogen (secondary N) is 1. The van der Waals surface area contributed by atoms with Gasteiger partial charge in [0.2, 0.25) is 5.91 Å². The van der Waals surface area contributed by atoms with Crippen LogP contribution in [0, 0.1) is 0 Å². The molecule has 11 heteroatoms. The number of hydrogen-bond acceptors (Lipinski definition) is 5. The predicted octanol–water partition coefficient (Wildman–Crippen LogP) is 1.71. The lowest BCUT2D eigenvalue weighted by Crippen LogP contribution is -2.37. The first-order valence-corrected chi connectivity index (χ1v) is 8.12. The third kappa shape index (κ3) is 9.26. The number of nitrogens with two attached hydrogens (primary N) is 1. The van der Waals surface area contributed by atoms with E-state index in [4.69, 9.17) is 5.73 Å². The SMILES string of the molecule is CS(=O)(=O)CCC(N)C(=O)Nc1cccc(OC(F)(F)F)c1.Cl. The number of halogens is 4. The highest BCUT2D eigenvalue weighted by atomic mass is 35.5. The number of alkyl halides is 3. The number of sulfone groups is 1. The van der Waals surface area contributed by atoms with E-state index in [1.165, 1.54) is 12.1 Å². The summed E-state index contributed by atoms with van der Waals surface area (Å²) < 4.78 is 62.0. The maximum atomic E-state index is 12.1. The van der Waals surface area contributed by atoms with Crippen molar-refractivity contribution < 1.29 is 31.1 Å². The van der Waals surface area contributed by atoms with Crippen molar-refractivity contribution in [3.8, 4) is 5.75 Å². The molecule has 1 amide bonds. The second-order valence-corrected chi connectivity index (χ2v) is 6.85. The Morgan fingerprint density at radius 3 is 2.52 bits per heavy atom. The monoisotopic (exact) mass is 376 g/mol. The third-order valence-corrected chi connectivity index (χ3v) is 3.45. The minimum Gasteiger partial charge on any atom is -0.406 e. The lowest BCUT2D eigenvalue weighted by Gasteiger charge is -2.13. The first kappa shape index (κ1) is 21.5. The number of anilines is 1. The number of benzene rings is 1. The van der Waals surface area contributed by atoms with Crippen molar-refractivity contribution >= 4 is 33.8 Å². The minimum absolute atomic E-state index is 0. The Morgan fingerprint density at radius 1 is 1.39 bits per heavy atom. The van der Waals surface area contributed by atoms with E-state index >= 15 is 0 Å². The van der Waals surface area contributed by atoms with E-state index in [-0.39, 0.29) is 30.3 Å². The molecule has 132 valence electrons. The largest absolute Gasteiger partial charge is 0.573 e. The first-order valence-electron chi connectivity index (χ1n) is 6.06. The van der Waals surface area contributed by atoms with Crippen LogP contribution in [0.3, 0.4) is 0 Å². The predicted molar refractivity (Wildman–Crippen MR) is 81.3 cm³/mol. The van der Waals surface area contributed by atoms with Gasteiger partial charge in [0, 0.05) is 18.0 Å². The average molecular weight is 377 g/mol. The van der Waals surface area contributed by atoms with Gasteiger partial charge < -0.3 is 15.8 Å².